The average molecular weight is 408 g/mol. The fourth-order valence-electron chi connectivity index (χ4n) is 2.36. The molecule has 166 valence electrons. The van der Waals surface area contributed by atoms with E-state index in [0.717, 1.165) is 0 Å². The monoisotopic (exact) mass is 408 g/mol. The molecular formula is C17H36N4O7. The van der Waals surface area contributed by atoms with Gasteiger partial charge in [0.05, 0.1) is 45.2 Å². The Morgan fingerprint density at radius 2 is 1.36 bits per heavy atom. The van der Waals surface area contributed by atoms with Crippen molar-refractivity contribution in [2.24, 2.45) is 17.6 Å². The van der Waals surface area contributed by atoms with Gasteiger partial charge in [-0.05, 0) is 27.2 Å². The minimum absolute atomic E-state index is 0.0991. The molecule has 0 radical (unpaired) electrons. The number of ether oxygens (including phenoxy) is 5. The fourth-order valence-corrected chi connectivity index (χ4v) is 2.36. The number of nitrogens with one attached hydrogen (secondary N) is 2. The lowest BCUT2D eigenvalue weighted by molar-refractivity contribution is -0.128. The molecule has 1 atom stereocenters. The van der Waals surface area contributed by atoms with Gasteiger partial charge < -0.3 is 23.7 Å². The van der Waals surface area contributed by atoms with E-state index in [1.54, 1.807) is 0 Å². The Kier molecular flexibility index (Phi) is 15.8. The van der Waals surface area contributed by atoms with Crippen LogP contribution >= 0.6 is 0 Å². The van der Waals surface area contributed by atoms with Gasteiger partial charge in [-0.1, -0.05) is 0 Å². The predicted molar refractivity (Wildman–Crippen MR) is 102 cm³/mol. The van der Waals surface area contributed by atoms with E-state index in [1.807, 2.05) is 31.6 Å². The number of hydrogen-bond acceptors (Lipinski definition) is 9. The normalized spacial score (nSPS) is 12.6. The predicted octanol–water partition coefficient (Wildman–Crippen LogP) is -1.15. The molecule has 0 heterocycles. The highest BCUT2D eigenvalue weighted by Gasteiger charge is 2.24. The van der Waals surface area contributed by atoms with Crippen molar-refractivity contribution in [1.29, 1.82) is 0 Å². The molecule has 0 aliphatic rings. The van der Waals surface area contributed by atoms with Gasteiger partial charge in [0.1, 0.15) is 13.2 Å². The van der Waals surface area contributed by atoms with Crippen LogP contribution in [-0.4, -0.2) is 76.9 Å². The Balaban J connectivity index is 4.10. The minimum Gasteiger partial charge on any atom is -0.381 e. The average Bonchev–Trinajstić information content (AvgIpc) is 2.67. The molecule has 11 nitrogen and oxygen atoms in total. The summed E-state index contributed by atoms with van der Waals surface area (Å²) in [5.74, 6) is 9.29. The van der Waals surface area contributed by atoms with Gasteiger partial charge in [0.25, 0.3) is 11.8 Å². The van der Waals surface area contributed by atoms with Crippen LogP contribution in [0.1, 0.15) is 27.2 Å². The lowest BCUT2D eigenvalue weighted by atomic mass is 9.94. The maximum atomic E-state index is 11.0. The summed E-state index contributed by atoms with van der Waals surface area (Å²) in [5.41, 5.74) is 3.56. The molecule has 0 aromatic heterocycles. The molecule has 0 aromatic carbocycles. The van der Waals surface area contributed by atoms with Gasteiger partial charge in [-0.2, -0.15) is 0 Å². The Hall–Kier alpha value is -1.34. The summed E-state index contributed by atoms with van der Waals surface area (Å²) >= 11 is 0. The number of hydrazine groups is 2. The van der Waals surface area contributed by atoms with Crippen molar-refractivity contribution in [3.8, 4) is 0 Å². The number of rotatable bonds is 18. The third-order valence-corrected chi connectivity index (χ3v) is 3.57. The molecule has 0 aromatic rings. The maximum absolute atomic E-state index is 11.0. The molecule has 0 saturated carbocycles. The fraction of sp³-hybridized carbons (Fsp3) is 0.882. The van der Waals surface area contributed by atoms with Gasteiger partial charge in [0, 0.05) is 12.5 Å². The van der Waals surface area contributed by atoms with E-state index in [-0.39, 0.29) is 37.6 Å². The Morgan fingerprint density at radius 1 is 0.857 bits per heavy atom. The van der Waals surface area contributed by atoms with Crippen molar-refractivity contribution in [3.63, 3.8) is 0 Å². The molecule has 0 spiro atoms. The molecule has 0 fully saturated rings. The van der Waals surface area contributed by atoms with Crippen molar-refractivity contribution in [1.82, 2.24) is 10.9 Å². The molecule has 28 heavy (non-hydrogen) atoms. The quantitative estimate of drug-likeness (QED) is 0.0952. The lowest BCUT2D eigenvalue weighted by Gasteiger charge is -2.30. The lowest BCUT2D eigenvalue weighted by Crippen LogP contribution is -2.35. The Bertz CT molecular complexity index is 424. The first-order valence-electron chi connectivity index (χ1n) is 9.28. The Morgan fingerprint density at radius 3 is 1.89 bits per heavy atom. The summed E-state index contributed by atoms with van der Waals surface area (Å²) in [6.45, 7) is 8.63. The molecule has 0 rings (SSSR count). The van der Waals surface area contributed by atoms with Crippen LogP contribution in [0.3, 0.4) is 0 Å². The molecule has 0 bridgehead atoms. The summed E-state index contributed by atoms with van der Waals surface area (Å²) < 4.78 is 27.3. The van der Waals surface area contributed by atoms with E-state index in [4.69, 9.17) is 35.4 Å². The van der Waals surface area contributed by atoms with E-state index < -0.39 is 5.60 Å². The summed E-state index contributed by atoms with van der Waals surface area (Å²) in [6, 6.07) is 0. The van der Waals surface area contributed by atoms with E-state index in [0.29, 0.717) is 46.1 Å². The van der Waals surface area contributed by atoms with Gasteiger partial charge >= 0.3 is 0 Å². The van der Waals surface area contributed by atoms with Crippen LogP contribution < -0.4 is 22.5 Å². The van der Waals surface area contributed by atoms with Gasteiger partial charge in [0.2, 0.25) is 0 Å². The molecule has 2 amide bonds. The summed E-state index contributed by atoms with van der Waals surface area (Å²) in [5, 5.41) is 0. The van der Waals surface area contributed by atoms with Crippen molar-refractivity contribution >= 4 is 11.8 Å². The smallest absolute Gasteiger partial charge is 0.259 e. The van der Waals surface area contributed by atoms with Crippen LogP contribution in [0.25, 0.3) is 0 Å². The van der Waals surface area contributed by atoms with Crippen LogP contribution in [-0.2, 0) is 33.3 Å². The van der Waals surface area contributed by atoms with Gasteiger partial charge in [-0.3, -0.25) is 20.4 Å². The van der Waals surface area contributed by atoms with E-state index in [1.165, 1.54) is 0 Å². The summed E-state index contributed by atoms with van der Waals surface area (Å²) in [6.07, 6.45) is 0.715. The third-order valence-electron chi connectivity index (χ3n) is 3.57. The standard InChI is InChI=1S/C17H36N4O7/c1-4-24-10-14(11-25-5-6-26-12-15(22)20-18)9-17(2,3)28-8-7-27-13-16(23)21-19/h14H,4-13,18-19H2,1-3H3,(H,20,22)(H,21,23). The van der Waals surface area contributed by atoms with Crippen LogP contribution in [0.2, 0.25) is 0 Å². The summed E-state index contributed by atoms with van der Waals surface area (Å²) in [7, 11) is 0. The van der Waals surface area contributed by atoms with E-state index >= 15 is 0 Å². The number of carbonyl (C=O) groups is 2. The first-order valence-corrected chi connectivity index (χ1v) is 9.28. The SMILES string of the molecule is CCOCC(COCCOCC(=O)NN)CC(C)(C)OCCOCC(=O)NN. The van der Waals surface area contributed by atoms with Crippen molar-refractivity contribution in [3.05, 3.63) is 0 Å². The van der Waals surface area contributed by atoms with Crippen LogP contribution in [0.5, 0.6) is 0 Å². The molecular weight excluding hydrogens is 372 g/mol. The molecule has 0 aliphatic carbocycles. The topological polar surface area (TPSA) is 156 Å². The maximum Gasteiger partial charge on any atom is 0.259 e. The van der Waals surface area contributed by atoms with Crippen LogP contribution in [0.4, 0.5) is 0 Å². The molecule has 0 aliphatic heterocycles. The largest absolute Gasteiger partial charge is 0.381 e. The van der Waals surface area contributed by atoms with Gasteiger partial charge in [-0.15, -0.1) is 0 Å². The number of carbonyl (C=O) groups excluding carboxylic acids is 2. The minimum atomic E-state index is -0.416. The third kappa shape index (κ3) is 15.7. The van der Waals surface area contributed by atoms with Gasteiger partial charge in [-0.25, -0.2) is 11.7 Å². The van der Waals surface area contributed by atoms with Crippen LogP contribution in [0.15, 0.2) is 0 Å². The molecule has 0 saturated heterocycles. The highest BCUT2D eigenvalue weighted by molar-refractivity contribution is 5.76. The van der Waals surface area contributed by atoms with E-state index in [2.05, 4.69) is 0 Å². The zero-order valence-corrected chi connectivity index (χ0v) is 17.2. The Labute approximate surface area is 166 Å². The van der Waals surface area contributed by atoms with Crippen molar-refractivity contribution < 1.29 is 33.3 Å². The zero-order chi connectivity index (χ0) is 21.3. The molecule has 6 N–H and O–H groups in total. The second-order valence-electron chi connectivity index (χ2n) is 6.65. The molecule has 11 heteroatoms. The summed E-state index contributed by atoms with van der Waals surface area (Å²) in [4.78, 5) is 21.9. The number of amides is 2. The number of hydrogen-bond donors (Lipinski definition) is 4. The van der Waals surface area contributed by atoms with Crippen molar-refractivity contribution in [2.75, 3.05) is 59.5 Å². The zero-order valence-electron chi connectivity index (χ0n) is 17.2. The first-order chi connectivity index (χ1) is 13.3. The van der Waals surface area contributed by atoms with Gasteiger partial charge in [0.15, 0.2) is 0 Å². The second-order valence-corrected chi connectivity index (χ2v) is 6.65. The van der Waals surface area contributed by atoms with E-state index in [9.17, 15) is 9.59 Å². The molecule has 1 unspecified atom stereocenters. The first kappa shape index (κ1) is 26.7. The van der Waals surface area contributed by atoms with Crippen molar-refractivity contribution in [2.45, 2.75) is 32.8 Å². The highest BCUT2D eigenvalue weighted by atomic mass is 16.5. The van der Waals surface area contributed by atoms with Crippen LogP contribution in [0, 0.1) is 5.92 Å². The number of nitrogens with two attached hydrogens (primary N) is 2. The highest BCUT2D eigenvalue weighted by Crippen LogP contribution is 2.21. The second kappa shape index (κ2) is 16.6.